The molecule has 0 saturated carbocycles. The molecule has 0 aliphatic carbocycles. The van der Waals surface area contributed by atoms with Crippen molar-refractivity contribution in [3.8, 4) is 0 Å². The molecule has 2 aromatic carbocycles. The van der Waals surface area contributed by atoms with Crippen LogP contribution in [0.25, 0.3) is 0 Å². The summed E-state index contributed by atoms with van der Waals surface area (Å²) in [5.41, 5.74) is 1.87. The van der Waals surface area contributed by atoms with Crippen molar-refractivity contribution in [3.05, 3.63) is 83.9 Å². The van der Waals surface area contributed by atoms with E-state index in [0.717, 1.165) is 11.1 Å². The third kappa shape index (κ3) is 8.37. The molecule has 1 heterocycles. The van der Waals surface area contributed by atoms with Gasteiger partial charge in [0, 0.05) is 12.5 Å². The van der Waals surface area contributed by atoms with E-state index < -0.39 is 12.0 Å². The van der Waals surface area contributed by atoms with Crippen molar-refractivity contribution >= 4 is 17.8 Å². The highest BCUT2D eigenvalue weighted by atomic mass is 16.5. The average Bonchev–Trinajstić information content (AvgIpc) is 2.87. The van der Waals surface area contributed by atoms with E-state index in [1.165, 1.54) is 0 Å². The number of aliphatic hydroxyl groups excluding tert-OH is 1. The number of nitrogens with one attached hydrogen (secondary N) is 2. The Kier molecular flexibility index (Phi) is 10.0. The molecule has 186 valence electrons. The number of rotatable bonds is 7. The first-order valence-electron chi connectivity index (χ1n) is 12.1. The Morgan fingerprint density at radius 1 is 1.03 bits per heavy atom. The molecule has 35 heavy (non-hydrogen) atoms. The molecular weight excluding hydrogens is 444 g/mol. The van der Waals surface area contributed by atoms with E-state index in [4.69, 9.17) is 4.74 Å². The number of allylic oxidation sites excluding steroid dienone is 2. The van der Waals surface area contributed by atoms with Gasteiger partial charge in [-0.15, -0.1) is 0 Å². The average molecular weight is 479 g/mol. The van der Waals surface area contributed by atoms with Gasteiger partial charge in [0.05, 0.1) is 24.5 Å². The van der Waals surface area contributed by atoms with Gasteiger partial charge >= 0.3 is 5.97 Å². The van der Waals surface area contributed by atoms with E-state index in [0.29, 0.717) is 19.3 Å². The summed E-state index contributed by atoms with van der Waals surface area (Å²) in [5, 5.41) is 14.9. The van der Waals surface area contributed by atoms with Gasteiger partial charge in [-0.2, -0.15) is 0 Å². The molecule has 0 radical (unpaired) electrons. The lowest BCUT2D eigenvalue weighted by Crippen LogP contribution is -2.41. The molecule has 1 aliphatic rings. The number of esters is 1. The molecule has 3 rings (SSSR count). The summed E-state index contributed by atoms with van der Waals surface area (Å²) < 4.78 is 5.70. The SMILES string of the molecule is C[C@H](CO)NC(=O)C[C@H]1CC=CC[C@@H](Cc2ccccc2)C(=O)OC[C@@H](c2ccccc2)NC1=O. The van der Waals surface area contributed by atoms with Crippen molar-refractivity contribution in [2.24, 2.45) is 11.8 Å². The number of hydrogen-bond donors (Lipinski definition) is 3. The Morgan fingerprint density at radius 3 is 2.31 bits per heavy atom. The molecule has 0 saturated heterocycles. The number of hydrogen-bond acceptors (Lipinski definition) is 5. The maximum atomic E-state index is 13.2. The fourth-order valence-corrected chi connectivity index (χ4v) is 4.05. The fourth-order valence-electron chi connectivity index (χ4n) is 4.05. The van der Waals surface area contributed by atoms with Crippen LogP contribution in [0.1, 0.15) is 43.4 Å². The van der Waals surface area contributed by atoms with E-state index >= 15 is 0 Å². The van der Waals surface area contributed by atoms with E-state index in [9.17, 15) is 19.5 Å². The predicted octanol–water partition coefficient (Wildman–Crippen LogP) is 3.10. The third-order valence-corrected chi connectivity index (χ3v) is 6.06. The van der Waals surface area contributed by atoms with E-state index in [1.807, 2.05) is 72.8 Å². The summed E-state index contributed by atoms with van der Waals surface area (Å²) in [6.07, 6.45) is 5.14. The molecule has 0 fully saturated rings. The summed E-state index contributed by atoms with van der Waals surface area (Å²) in [6.45, 7) is 1.53. The second-order valence-corrected chi connectivity index (χ2v) is 8.98. The Hall–Kier alpha value is -3.45. The molecule has 2 amide bonds. The molecule has 3 N–H and O–H groups in total. The molecule has 2 aromatic rings. The minimum Gasteiger partial charge on any atom is -0.463 e. The second-order valence-electron chi connectivity index (χ2n) is 8.98. The van der Waals surface area contributed by atoms with Gasteiger partial charge < -0.3 is 20.5 Å². The number of cyclic esters (lactones) is 1. The second kappa shape index (κ2) is 13.4. The van der Waals surface area contributed by atoms with Gasteiger partial charge in [-0.25, -0.2) is 0 Å². The van der Waals surface area contributed by atoms with Crippen molar-refractivity contribution in [2.45, 2.75) is 44.7 Å². The lowest BCUT2D eigenvalue weighted by molar-refractivity contribution is -0.150. The van der Waals surface area contributed by atoms with Gasteiger partial charge in [-0.3, -0.25) is 14.4 Å². The fraction of sp³-hybridized carbons (Fsp3) is 0.393. The summed E-state index contributed by atoms with van der Waals surface area (Å²) in [5.74, 6) is -1.83. The standard InChI is InChI=1S/C28H34N2O5/c1-20(18-31)29-26(32)17-23-14-8-9-15-24(16-21-10-4-2-5-11-21)28(34)35-19-25(30-27(23)33)22-12-6-3-7-13-22/h2-13,20,23-25,31H,14-19H2,1H3,(H,29,32)(H,30,33)/t20-,23-,24+,25+/m1/s1. The summed E-state index contributed by atoms with van der Waals surface area (Å²) in [6, 6.07) is 18.2. The first kappa shape index (κ1) is 26.2. The van der Waals surface area contributed by atoms with Crippen LogP contribution in [0, 0.1) is 11.8 Å². The quantitative estimate of drug-likeness (QED) is 0.419. The number of benzene rings is 2. The van der Waals surface area contributed by atoms with Gasteiger partial charge in [-0.05, 0) is 37.3 Å². The van der Waals surface area contributed by atoms with E-state index in [-0.39, 0.29) is 49.4 Å². The molecule has 7 heteroatoms. The van der Waals surface area contributed by atoms with Crippen LogP contribution in [0.5, 0.6) is 0 Å². The number of aliphatic hydroxyl groups is 1. The lowest BCUT2D eigenvalue weighted by Gasteiger charge is -2.24. The molecule has 1 aliphatic heterocycles. The zero-order valence-electron chi connectivity index (χ0n) is 20.1. The normalized spacial score (nSPS) is 22.2. The monoisotopic (exact) mass is 478 g/mol. The number of carbonyl (C=O) groups excluding carboxylic acids is 3. The molecule has 7 nitrogen and oxygen atoms in total. The maximum absolute atomic E-state index is 13.2. The topological polar surface area (TPSA) is 105 Å². The Balaban J connectivity index is 1.81. The van der Waals surface area contributed by atoms with Crippen molar-refractivity contribution < 1.29 is 24.2 Å². The van der Waals surface area contributed by atoms with Crippen LogP contribution in [0.15, 0.2) is 72.8 Å². The molecular formula is C28H34N2O5. The highest BCUT2D eigenvalue weighted by Crippen LogP contribution is 2.21. The summed E-state index contributed by atoms with van der Waals surface area (Å²) >= 11 is 0. The molecule has 0 aromatic heterocycles. The Labute approximate surface area is 206 Å². The minimum absolute atomic E-state index is 0.00402. The smallest absolute Gasteiger partial charge is 0.309 e. The number of ether oxygens (including phenoxy) is 1. The van der Waals surface area contributed by atoms with Crippen LogP contribution in [-0.4, -0.2) is 42.1 Å². The van der Waals surface area contributed by atoms with Crippen LogP contribution in [0.4, 0.5) is 0 Å². The van der Waals surface area contributed by atoms with Crippen LogP contribution in [0.3, 0.4) is 0 Å². The third-order valence-electron chi connectivity index (χ3n) is 6.06. The van der Waals surface area contributed by atoms with Crippen LogP contribution in [-0.2, 0) is 25.5 Å². The van der Waals surface area contributed by atoms with Crippen molar-refractivity contribution in [1.29, 1.82) is 0 Å². The first-order chi connectivity index (χ1) is 17.0. The van der Waals surface area contributed by atoms with Crippen LogP contribution >= 0.6 is 0 Å². The highest BCUT2D eigenvalue weighted by Gasteiger charge is 2.27. The first-order valence-corrected chi connectivity index (χ1v) is 12.1. The lowest BCUT2D eigenvalue weighted by atomic mass is 9.94. The molecule has 0 bridgehead atoms. The van der Waals surface area contributed by atoms with E-state index in [2.05, 4.69) is 10.6 Å². The predicted molar refractivity (Wildman–Crippen MR) is 133 cm³/mol. The van der Waals surface area contributed by atoms with Crippen LogP contribution in [0.2, 0.25) is 0 Å². The van der Waals surface area contributed by atoms with Gasteiger partial charge in [0.1, 0.15) is 6.61 Å². The van der Waals surface area contributed by atoms with Gasteiger partial charge in [0.15, 0.2) is 0 Å². The summed E-state index contributed by atoms with van der Waals surface area (Å²) in [4.78, 5) is 38.6. The van der Waals surface area contributed by atoms with E-state index in [1.54, 1.807) is 6.92 Å². The molecule has 0 spiro atoms. The van der Waals surface area contributed by atoms with Crippen LogP contribution < -0.4 is 10.6 Å². The Bertz CT molecular complexity index is 993. The van der Waals surface area contributed by atoms with Crippen molar-refractivity contribution in [2.75, 3.05) is 13.2 Å². The van der Waals surface area contributed by atoms with Gasteiger partial charge in [-0.1, -0.05) is 72.8 Å². The number of amides is 2. The van der Waals surface area contributed by atoms with Crippen molar-refractivity contribution in [3.63, 3.8) is 0 Å². The largest absolute Gasteiger partial charge is 0.463 e. The maximum Gasteiger partial charge on any atom is 0.309 e. The van der Waals surface area contributed by atoms with Gasteiger partial charge in [0.25, 0.3) is 0 Å². The molecule has 0 unspecified atom stereocenters. The van der Waals surface area contributed by atoms with Crippen molar-refractivity contribution in [1.82, 2.24) is 10.6 Å². The minimum atomic E-state index is -0.592. The zero-order chi connectivity index (χ0) is 25.0. The zero-order valence-corrected chi connectivity index (χ0v) is 20.1. The van der Waals surface area contributed by atoms with Gasteiger partial charge in [0.2, 0.25) is 11.8 Å². The highest BCUT2D eigenvalue weighted by molar-refractivity contribution is 5.86. The number of carbonyl (C=O) groups is 3. The Morgan fingerprint density at radius 2 is 1.66 bits per heavy atom. The summed E-state index contributed by atoms with van der Waals surface area (Å²) in [7, 11) is 0. The molecule has 4 atom stereocenters.